The van der Waals surface area contributed by atoms with Crippen LogP contribution in [0.25, 0.3) is 0 Å². The van der Waals surface area contributed by atoms with Gasteiger partial charge in [0.25, 0.3) is 5.91 Å². The van der Waals surface area contributed by atoms with E-state index in [1.54, 1.807) is 12.1 Å². The molecule has 0 unspecified atom stereocenters. The lowest BCUT2D eigenvalue weighted by atomic mass is 9.87. The van der Waals surface area contributed by atoms with E-state index < -0.39 is 0 Å². The maximum absolute atomic E-state index is 12.2. The highest BCUT2D eigenvalue weighted by Gasteiger charge is 2.22. The summed E-state index contributed by atoms with van der Waals surface area (Å²) in [6.45, 7) is 2.24. The van der Waals surface area contributed by atoms with Crippen molar-refractivity contribution >= 4 is 23.3 Å². The van der Waals surface area contributed by atoms with Gasteiger partial charge in [-0.2, -0.15) is 0 Å². The number of hydrogen-bond donors (Lipinski definition) is 3. The van der Waals surface area contributed by atoms with Crippen LogP contribution in [0.4, 0.5) is 5.82 Å². The van der Waals surface area contributed by atoms with Gasteiger partial charge in [0, 0.05) is 6.04 Å². The molecule has 1 amide bonds. The molecule has 4 N–H and O–H groups in total. The normalized spacial score (nSPS) is 22.9. The van der Waals surface area contributed by atoms with Crippen LogP contribution in [0, 0.1) is 5.92 Å². The van der Waals surface area contributed by atoms with E-state index in [1.807, 2.05) is 0 Å². The van der Waals surface area contributed by atoms with E-state index in [9.17, 15) is 4.79 Å². The molecule has 2 rings (SSSR count). The molecule has 1 fully saturated rings. The van der Waals surface area contributed by atoms with Crippen LogP contribution in [-0.4, -0.2) is 16.9 Å². The fourth-order valence-corrected chi connectivity index (χ4v) is 2.53. The Morgan fingerprint density at radius 3 is 2.68 bits per heavy atom. The summed E-state index contributed by atoms with van der Waals surface area (Å²) in [6.07, 6.45) is 4.33. The molecule has 19 heavy (non-hydrogen) atoms. The van der Waals surface area contributed by atoms with Gasteiger partial charge in [0.2, 0.25) is 0 Å². The minimum atomic E-state index is -0.235. The number of nitrogen functional groups attached to an aromatic ring is 1. The van der Waals surface area contributed by atoms with Crippen molar-refractivity contribution in [3.05, 3.63) is 22.8 Å². The van der Waals surface area contributed by atoms with Gasteiger partial charge in [-0.25, -0.2) is 10.8 Å². The first-order chi connectivity index (χ1) is 9.10. The number of hydrazine groups is 1. The minimum absolute atomic E-state index is 0.218. The summed E-state index contributed by atoms with van der Waals surface area (Å²) >= 11 is 6.00. The van der Waals surface area contributed by atoms with Gasteiger partial charge in [-0.1, -0.05) is 18.5 Å². The maximum atomic E-state index is 12.2. The Morgan fingerprint density at radius 2 is 2.05 bits per heavy atom. The van der Waals surface area contributed by atoms with E-state index in [0.29, 0.717) is 10.8 Å². The van der Waals surface area contributed by atoms with Crippen molar-refractivity contribution in [3.63, 3.8) is 0 Å². The van der Waals surface area contributed by atoms with E-state index in [0.717, 1.165) is 31.6 Å². The Morgan fingerprint density at radius 1 is 1.37 bits per heavy atom. The number of hydrogen-bond acceptors (Lipinski definition) is 4. The van der Waals surface area contributed by atoms with Gasteiger partial charge in [-0.15, -0.1) is 0 Å². The molecular formula is C13H19ClN4O. The first kappa shape index (κ1) is 14.1. The van der Waals surface area contributed by atoms with Crippen LogP contribution in [0.2, 0.25) is 5.02 Å². The summed E-state index contributed by atoms with van der Waals surface area (Å²) < 4.78 is 0. The van der Waals surface area contributed by atoms with Crippen molar-refractivity contribution in [3.8, 4) is 0 Å². The minimum Gasteiger partial charge on any atom is -0.348 e. The van der Waals surface area contributed by atoms with Gasteiger partial charge >= 0.3 is 0 Å². The van der Waals surface area contributed by atoms with Crippen LogP contribution < -0.4 is 16.6 Å². The Bertz CT molecular complexity index is 458. The molecule has 0 spiro atoms. The van der Waals surface area contributed by atoms with Crippen molar-refractivity contribution in [2.45, 2.75) is 38.6 Å². The van der Waals surface area contributed by atoms with Crippen molar-refractivity contribution in [2.24, 2.45) is 11.8 Å². The Balaban J connectivity index is 2.03. The smallest absolute Gasteiger partial charge is 0.271 e. The number of anilines is 1. The molecule has 104 valence electrons. The highest BCUT2D eigenvalue weighted by molar-refractivity contribution is 6.33. The lowest BCUT2D eigenvalue weighted by Crippen LogP contribution is -2.38. The third-order valence-electron chi connectivity index (χ3n) is 3.56. The fraction of sp³-hybridized carbons (Fsp3) is 0.538. The van der Waals surface area contributed by atoms with Crippen molar-refractivity contribution < 1.29 is 4.79 Å². The van der Waals surface area contributed by atoms with E-state index in [4.69, 9.17) is 17.4 Å². The number of nitrogens with zero attached hydrogens (tertiary/aromatic N) is 1. The molecule has 0 saturated heterocycles. The maximum Gasteiger partial charge on any atom is 0.271 e. The quantitative estimate of drug-likeness (QED) is 0.587. The first-order valence-electron chi connectivity index (χ1n) is 6.54. The lowest BCUT2D eigenvalue weighted by Gasteiger charge is -2.26. The van der Waals surface area contributed by atoms with Gasteiger partial charge in [0.1, 0.15) is 11.5 Å². The Labute approximate surface area is 117 Å². The molecule has 1 saturated carbocycles. The van der Waals surface area contributed by atoms with Gasteiger partial charge < -0.3 is 10.7 Å². The number of amides is 1. The first-order valence-corrected chi connectivity index (χ1v) is 6.92. The number of nitrogens with two attached hydrogens (primary N) is 1. The molecule has 5 nitrogen and oxygen atoms in total. The molecule has 0 aliphatic heterocycles. The molecule has 1 aromatic heterocycles. The molecule has 1 heterocycles. The van der Waals surface area contributed by atoms with E-state index >= 15 is 0 Å². The molecule has 1 aliphatic rings. The molecule has 0 atom stereocenters. The average molecular weight is 283 g/mol. The van der Waals surface area contributed by atoms with E-state index in [2.05, 4.69) is 22.7 Å². The summed E-state index contributed by atoms with van der Waals surface area (Å²) in [6, 6.07) is 3.46. The zero-order valence-corrected chi connectivity index (χ0v) is 11.7. The summed E-state index contributed by atoms with van der Waals surface area (Å²) in [5.74, 6) is 6.22. The topological polar surface area (TPSA) is 80.0 Å². The number of halogens is 1. The Hall–Kier alpha value is -1.33. The van der Waals surface area contributed by atoms with Crippen molar-refractivity contribution in [1.82, 2.24) is 10.3 Å². The van der Waals surface area contributed by atoms with Crippen molar-refractivity contribution in [1.29, 1.82) is 0 Å². The predicted molar refractivity (Wildman–Crippen MR) is 75.9 cm³/mol. The highest BCUT2D eigenvalue weighted by atomic mass is 35.5. The third kappa shape index (κ3) is 3.58. The monoisotopic (exact) mass is 282 g/mol. The number of carbonyl (C=O) groups is 1. The van der Waals surface area contributed by atoms with Gasteiger partial charge in [0.05, 0.1) is 5.02 Å². The number of rotatable bonds is 3. The van der Waals surface area contributed by atoms with Crippen LogP contribution in [-0.2, 0) is 0 Å². The molecule has 1 aliphatic carbocycles. The number of pyridine rings is 1. The molecule has 1 aromatic rings. The number of nitrogens with one attached hydrogen (secondary N) is 2. The van der Waals surface area contributed by atoms with Gasteiger partial charge in [0.15, 0.2) is 0 Å². The van der Waals surface area contributed by atoms with E-state index in [1.165, 1.54) is 0 Å². The summed E-state index contributed by atoms with van der Waals surface area (Å²) in [5.41, 5.74) is 2.63. The predicted octanol–water partition coefficient (Wildman–Crippen LogP) is 2.33. The van der Waals surface area contributed by atoms with Gasteiger partial charge in [-0.05, 0) is 43.7 Å². The standard InChI is InChI=1S/C13H19ClN4O/c1-8-2-4-9(5-3-8)16-13(19)12-10(14)6-7-11(17-12)18-15/h6-9H,2-5,15H2,1H3,(H,16,19)(H,17,18). The lowest BCUT2D eigenvalue weighted by molar-refractivity contribution is 0.0918. The largest absolute Gasteiger partial charge is 0.348 e. The second kappa shape index (κ2) is 6.21. The fourth-order valence-electron chi connectivity index (χ4n) is 2.34. The molecule has 0 radical (unpaired) electrons. The SMILES string of the molecule is CC1CCC(NC(=O)c2nc(NN)ccc2Cl)CC1. The van der Waals surface area contributed by atoms with Crippen molar-refractivity contribution in [2.75, 3.05) is 5.43 Å². The van der Waals surface area contributed by atoms with Crippen LogP contribution in [0.5, 0.6) is 0 Å². The number of carbonyl (C=O) groups excluding carboxylic acids is 1. The zero-order chi connectivity index (χ0) is 13.8. The third-order valence-corrected chi connectivity index (χ3v) is 3.87. The zero-order valence-electron chi connectivity index (χ0n) is 10.9. The second-order valence-corrected chi connectivity index (χ2v) is 5.51. The molecule has 6 heteroatoms. The molecular weight excluding hydrogens is 264 g/mol. The summed E-state index contributed by atoms with van der Waals surface area (Å²) in [5, 5.41) is 3.33. The van der Waals surface area contributed by atoms with Crippen LogP contribution >= 0.6 is 11.6 Å². The molecule has 0 bridgehead atoms. The van der Waals surface area contributed by atoms with Crippen LogP contribution in [0.3, 0.4) is 0 Å². The van der Waals surface area contributed by atoms with Crippen LogP contribution in [0.1, 0.15) is 43.1 Å². The van der Waals surface area contributed by atoms with Gasteiger partial charge in [-0.3, -0.25) is 4.79 Å². The second-order valence-electron chi connectivity index (χ2n) is 5.10. The summed E-state index contributed by atoms with van der Waals surface area (Å²) in [7, 11) is 0. The Kier molecular flexibility index (Phi) is 4.61. The van der Waals surface area contributed by atoms with Crippen LogP contribution in [0.15, 0.2) is 12.1 Å². The molecule has 0 aromatic carbocycles. The summed E-state index contributed by atoms with van der Waals surface area (Å²) in [4.78, 5) is 16.2. The highest BCUT2D eigenvalue weighted by Crippen LogP contribution is 2.24. The average Bonchev–Trinajstić information content (AvgIpc) is 2.42. The van der Waals surface area contributed by atoms with E-state index in [-0.39, 0.29) is 17.6 Å². The number of aromatic nitrogens is 1.